The highest BCUT2D eigenvalue weighted by Crippen LogP contribution is 2.23. The zero-order valence-electron chi connectivity index (χ0n) is 12.7. The molecule has 7 nitrogen and oxygen atoms in total. The smallest absolute Gasteiger partial charge is 0.261 e. The van der Waals surface area contributed by atoms with Gasteiger partial charge in [-0.1, -0.05) is 0 Å². The van der Waals surface area contributed by atoms with Gasteiger partial charge in [0.25, 0.3) is 5.91 Å². The monoisotopic (exact) mass is 336 g/mol. The van der Waals surface area contributed by atoms with E-state index in [4.69, 9.17) is 0 Å². The number of aromatic nitrogens is 5. The molecule has 8 heteroatoms. The summed E-state index contributed by atoms with van der Waals surface area (Å²) in [6, 6.07) is 5.57. The number of pyridine rings is 2. The Labute approximate surface area is 141 Å². The summed E-state index contributed by atoms with van der Waals surface area (Å²) < 4.78 is 1.73. The first-order chi connectivity index (χ1) is 11.7. The van der Waals surface area contributed by atoms with E-state index in [1.807, 2.05) is 30.6 Å². The van der Waals surface area contributed by atoms with Gasteiger partial charge in [0.1, 0.15) is 6.33 Å². The highest BCUT2D eigenvalue weighted by molar-refractivity contribution is 7.13. The second kappa shape index (κ2) is 5.82. The van der Waals surface area contributed by atoms with E-state index in [9.17, 15) is 4.79 Å². The van der Waals surface area contributed by atoms with E-state index in [2.05, 4.69) is 25.5 Å². The molecule has 118 valence electrons. The second-order valence-corrected chi connectivity index (χ2v) is 6.05. The number of carbonyl (C=O) groups is 1. The lowest BCUT2D eigenvalue weighted by Crippen LogP contribution is -2.13. The molecule has 0 radical (unpaired) electrons. The Morgan fingerprint density at radius 3 is 2.83 bits per heavy atom. The van der Waals surface area contributed by atoms with Crippen molar-refractivity contribution in [2.45, 2.75) is 6.92 Å². The van der Waals surface area contributed by atoms with E-state index in [-0.39, 0.29) is 5.91 Å². The minimum absolute atomic E-state index is 0.266. The summed E-state index contributed by atoms with van der Waals surface area (Å²) in [5, 5.41) is 13.2. The number of fused-ring (bicyclic) bond motifs is 1. The van der Waals surface area contributed by atoms with Crippen LogP contribution in [0.15, 0.2) is 48.5 Å². The van der Waals surface area contributed by atoms with Crippen LogP contribution in [0.3, 0.4) is 0 Å². The summed E-state index contributed by atoms with van der Waals surface area (Å²) in [5.74, 6) is -0.266. The van der Waals surface area contributed by atoms with Crippen molar-refractivity contribution < 1.29 is 4.79 Å². The van der Waals surface area contributed by atoms with E-state index in [0.717, 1.165) is 16.8 Å². The van der Waals surface area contributed by atoms with Crippen LogP contribution in [0.4, 0.5) is 5.13 Å². The molecule has 0 bridgehead atoms. The largest absolute Gasteiger partial charge is 0.298 e. The van der Waals surface area contributed by atoms with Gasteiger partial charge in [-0.3, -0.25) is 19.5 Å². The summed E-state index contributed by atoms with van der Waals surface area (Å²) >= 11 is 1.39. The molecule has 0 fully saturated rings. The zero-order valence-corrected chi connectivity index (χ0v) is 13.5. The highest BCUT2D eigenvalue weighted by atomic mass is 32.1. The molecule has 4 rings (SSSR count). The van der Waals surface area contributed by atoms with Crippen LogP contribution in [0.25, 0.3) is 16.8 Å². The number of aryl methyl sites for hydroxylation is 1. The normalized spacial score (nSPS) is 10.9. The van der Waals surface area contributed by atoms with Crippen LogP contribution in [0, 0.1) is 6.92 Å². The third-order valence-electron chi connectivity index (χ3n) is 3.49. The quantitative estimate of drug-likeness (QED) is 0.622. The van der Waals surface area contributed by atoms with Crippen molar-refractivity contribution in [2.75, 3.05) is 5.32 Å². The molecular weight excluding hydrogens is 324 g/mol. The number of rotatable bonds is 3. The van der Waals surface area contributed by atoms with Gasteiger partial charge in [0, 0.05) is 24.0 Å². The minimum Gasteiger partial charge on any atom is -0.298 e. The van der Waals surface area contributed by atoms with Crippen LogP contribution >= 0.6 is 11.3 Å². The fourth-order valence-corrected chi connectivity index (χ4v) is 3.07. The lowest BCUT2D eigenvalue weighted by molar-refractivity contribution is 0.102. The van der Waals surface area contributed by atoms with E-state index in [0.29, 0.717) is 16.3 Å². The van der Waals surface area contributed by atoms with Crippen molar-refractivity contribution in [1.29, 1.82) is 0 Å². The molecule has 0 spiro atoms. The topological polar surface area (TPSA) is 85.1 Å². The standard InChI is InChI=1S/C16H12N6OS/c1-10-8-24-16(19-10)20-15(23)13-6-12(11-2-4-17-5-3-11)7-22-9-18-21-14(13)22/h2-9H,1H3,(H,19,20,23). The van der Waals surface area contributed by atoms with Crippen molar-refractivity contribution >= 4 is 28.0 Å². The lowest BCUT2D eigenvalue weighted by Gasteiger charge is -2.07. The average Bonchev–Trinajstić information content (AvgIpc) is 3.23. The molecule has 4 aromatic heterocycles. The van der Waals surface area contributed by atoms with E-state index in [1.54, 1.807) is 29.2 Å². The Morgan fingerprint density at radius 2 is 2.08 bits per heavy atom. The van der Waals surface area contributed by atoms with Gasteiger partial charge in [0.2, 0.25) is 0 Å². The van der Waals surface area contributed by atoms with Crippen LogP contribution in [0.1, 0.15) is 16.1 Å². The van der Waals surface area contributed by atoms with Crippen molar-refractivity contribution in [3.8, 4) is 11.1 Å². The van der Waals surface area contributed by atoms with Gasteiger partial charge in [-0.25, -0.2) is 4.98 Å². The number of thiazole rings is 1. The predicted octanol–water partition coefficient (Wildman–Crippen LogP) is 2.81. The van der Waals surface area contributed by atoms with Gasteiger partial charge in [0.15, 0.2) is 10.8 Å². The number of hydrogen-bond acceptors (Lipinski definition) is 6. The molecule has 0 unspecified atom stereocenters. The van der Waals surface area contributed by atoms with E-state index in [1.165, 1.54) is 11.3 Å². The van der Waals surface area contributed by atoms with Gasteiger partial charge in [-0.15, -0.1) is 21.5 Å². The molecular formula is C16H12N6OS. The van der Waals surface area contributed by atoms with Crippen molar-refractivity contribution in [3.63, 3.8) is 0 Å². The third kappa shape index (κ3) is 2.63. The van der Waals surface area contributed by atoms with Gasteiger partial charge < -0.3 is 0 Å². The fourth-order valence-electron chi connectivity index (χ4n) is 2.38. The maximum atomic E-state index is 12.7. The fraction of sp³-hybridized carbons (Fsp3) is 0.0625. The zero-order chi connectivity index (χ0) is 16.5. The Kier molecular flexibility index (Phi) is 3.51. The Bertz CT molecular complexity index is 1020. The lowest BCUT2D eigenvalue weighted by atomic mass is 10.1. The molecule has 4 heterocycles. The minimum atomic E-state index is -0.266. The number of nitrogens with zero attached hydrogens (tertiary/aromatic N) is 5. The number of amides is 1. The Morgan fingerprint density at radius 1 is 1.25 bits per heavy atom. The molecule has 1 amide bonds. The molecule has 1 N–H and O–H groups in total. The van der Waals surface area contributed by atoms with Crippen molar-refractivity contribution in [3.05, 3.63) is 59.8 Å². The molecule has 0 aliphatic carbocycles. The number of nitrogens with one attached hydrogen (secondary N) is 1. The van der Waals surface area contributed by atoms with Crippen LogP contribution in [0.5, 0.6) is 0 Å². The molecule has 0 saturated carbocycles. The maximum absolute atomic E-state index is 12.7. The molecule has 0 saturated heterocycles. The van der Waals surface area contributed by atoms with Crippen LogP contribution in [0.2, 0.25) is 0 Å². The highest BCUT2D eigenvalue weighted by Gasteiger charge is 2.16. The molecule has 0 aliphatic heterocycles. The molecule has 0 aromatic carbocycles. The van der Waals surface area contributed by atoms with Crippen LogP contribution in [-0.4, -0.2) is 30.5 Å². The van der Waals surface area contributed by atoms with Gasteiger partial charge in [-0.05, 0) is 36.2 Å². The Hall–Kier alpha value is -3.13. The van der Waals surface area contributed by atoms with Crippen molar-refractivity contribution in [2.24, 2.45) is 0 Å². The van der Waals surface area contributed by atoms with E-state index < -0.39 is 0 Å². The van der Waals surface area contributed by atoms with Gasteiger partial charge in [-0.2, -0.15) is 0 Å². The van der Waals surface area contributed by atoms with Crippen molar-refractivity contribution in [1.82, 2.24) is 24.6 Å². The predicted molar refractivity (Wildman–Crippen MR) is 91.0 cm³/mol. The summed E-state index contributed by atoms with van der Waals surface area (Å²) in [4.78, 5) is 21.0. The summed E-state index contributed by atoms with van der Waals surface area (Å²) in [6.07, 6.45) is 6.88. The number of anilines is 1. The summed E-state index contributed by atoms with van der Waals surface area (Å²) in [6.45, 7) is 1.88. The first-order valence-electron chi connectivity index (χ1n) is 7.18. The first-order valence-corrected chi connectivity index (χ1v) is 8.06. The Balaban J connectivity index is 1.78. The summed E-state index contributed by atoms with van der Waals surface area (Å²) in [5.41, 5.74) is 3.65. The summed E-state index contributed by atoms with van der Waals surface area (Å²) in [7, 11) is 0. The van der Waals surface area contributed by atoms with Gasteiger partial charge >= 0.3 is 0 Å². The maximum Gasteiger partial charge on any atom is 0.261 e. The van der Waals surface area contributed by atoms with Crippen LogP contribution < -0.4 is 5.32 Å². The molecule has 4 aromatic rings. The molecule has 0 aliphatic rings. The molecule has 0 atom stereocenters. The average molecular weight is 336 g/mol. The third-order valence-corrected chi connectivity index (χ3v) is 4.37. The number of hydrogen-bond donors (Lipinski definition) is 1. The van der Waals surface area contributed by atoms with E-state index >= 15 is 0 Å². The first kappa shape index (κ1) is 14.5. The van der Waals surface area contributed by atoms with Crippen LogP contribution in [-0.2, 0) is 0 Å². The second-order valence-electron chi connectivity index (χ2n) is 5.19. The molecule has 24 heavy (non-hydrogen) atoms. The van der Waals surface area contributed by atoms with Gasteiger partial charge in [0.05, 0.1) is 11.3 Å². The number of carbonyl (C=O) groups excluding carboxylic acids is 1. The SMILES string of the molecule is Cc1csc(NC(=O)c2cc(-c3ccncc3)cn3cnnc23)n1.